The van der Waals surface area contributed by atoms with Crippen LogP contribution in [0, 0.1) is 0 Å². The minimum absolute atomic E-state index is 0.163. The molecule has 9 heteroatoms. The Bertz CT molecular complexity index is 1430. The van der Waals surface area contributed by atoms with E-state index in [1.54, 1.807) is 7.11 Å². The first-order chi connectivity index (χ1) is 28.6. The van der Waals surface area contributed by atoms with Crippen LogP contribution in [-0.2, 0) is 62.5 Å². The van der Waals surface area contributed by atoms with Crippen molar-refractivity contribution in [1.29, 1.82) is 0 Å². The molecule has 6 atom stereocenters. The molecular weight excluding hydrogens is 733 g/mol. The molecule has 1 aliphatic heterocycles. The van der Waals surface area contributed by atoms with Crippen molar-refractivity contribution in [2.24, 2.45) is 0 Å². The summed E-state index contributed by atoms with van der Waals surface area (Å²) in [6.07, 6.45) is 14.2. The Hall–Kier alpha value is -3.15. The van der Waals surface area contributed by atoms with E-state index < -0.39 is 36.7 Å². The van der Waals surface area contributed by atoms with Gasteiger partial charge in [-0.15, -0.1) is 0 Å². The van der Waals surface area contributed by atoms with Gasteiger partial charge in [0, 0.05) is 20.6 Å². The predicted molar refractivity (Wildman–Crippen MR) is 228 cm³/mol. The highest BCUT2D eigenvalue weighted by atomic mass is 16.7. The van der Waals surface area contributed by atoms with Crippen LogP contribution in [0.25, 0.3) is 0 Å². The molecule has 0 bridgehead atoms. The molecule has 1 aliphatic rings. The molecule has 1 fully saturated rings. The molecule has 3 aromatic rings. The summed E-state index contributed by atoms with van der Waals surface area (Å²) >= 11 is 0. The highest BCUT2D eigenvalue weighted by Gasteiger charge is 2.50. The van der Waals surface area contributed by atoms with Crippen LogP contribution in [0.5, 0.6) is 0 Å². The summed E-state index contributed by atoms with van der Waals surface area (Å²) in [6.45, 7) is 6.02. The summed E-state index contributed by atoms with van der Waals surface area (Å²) in [6, 6.07) is 29.8. The van der Waals surface area contributed by atoms with E-state index in [4.69, 9.17) is 37.9 Å². The number of hydrogen-bond donors (Lipinski definition) is 0. The van der Waals surface area contributed by atoms with E-state index in [-0.39, 0.29) is 25.9 Å². The maximum Gasteiger partial charge on any atom is 0.303 e. The largest absolute Gasteiger partial charge is 0.454 e. The van der Waals surface area contributed by atoms with E-state index in [0.29, 0.717) is 26.4 Å². The van der Waals surface area contributed by atoms with E-state index in [1.807, 2.05) is 91.0 Å². The highest BCUT2D eigenvalue weighted by molar-refractivity contribution is 5.66. The van der Waals surface area contributed by atoms with Gasteiger partial charge in [-0.05, 0) is 23.1 Å². The minimum atomic E-state index is -0.977. The van der Waals surface area contributed by atoms with Crippen LogP contribution in [-0.4, -0.2) is 76.3 Å². The Kier molecular flexibility index (Phi) is 24.6. The summed E-state index contributed by atoms with van der Waals surface area (Å²) in [5.74, 6) is -0.476. The smallest absolute Gasteiger partial charge is 0.303 e. The van der Waals surface area contributed by atoms with Gasteiger partial charge in [0.1, 0.15) is 24.4 Å². The monoisotopic (exact) mass is 805 g/mol. The second-order valence-electron chi connectivity index (χ2n) is 15.5. The number of methoxy groups -OCH3 is 1. The van der Waals surface area contributed by atoms with Gasteiger partial charge in [0.05, 0.1) is 39.6 Å². The van der Waals surface area contributed by atoms with Crippen molar-refractivity contribution in [2.75, 3.05) is 33.5 Å². The minimum Gasteiger partial charge on any atom is -0.454 e. The lowest BCUT2D eigenvalue weighted by molar-refractivity contribution is -0.324. The Morgan fingerprint density at radius 2 is 1.05 bits per heavy atom. The number of carbonyl (C=O) groups is 1. The van der Waals surface area contributed by atoms with Crippen LogP contribution >= 0.6 is 0 Å². The van der Waals surface area contributed by atoms with Crippen molar-refractivity contribution in [3.8, 4) is 0 Å². The van der Waals surface area contributed by atoms with E-state index in [9.17, 15) is 4.79 Å². The number of carbonyl (C=O) groups excluding carboxylic acids is 1. The summed E-state index contributed by atoms with van der Waals surface area (Å²) in [5, 5.41) is 0. The number of benzene rings is 3. The summed E-state index contributed by atoms with van der Waals surface area (Å²) in [5.41, 5.74) is 3.01. The Morgan fingerprint density at radius 3 is 1.55 bits per heavy atom. The van der Waals surface area contributed by atoms with Crippen molar-refractivity contribution in [3.05, 3.63) is 108 Å². The van der Waals surface area contributed by atoms with Gasteiger partial charge in [0.15, 0.2) is 12.4 Å². The molecule has 58 heavy (non-hydrogen) atoms. The zero-order valence-electron chi connectivity index (χ0n) is 35.6. The standard InChI is InChI=1S/C49H72O9/c1-4-5-6-7-8-9-10-11-12-13-14-15-16-26-33-52-37-44(51-3)38-56-49-48(57-40(2)50)47(55-36-43-31-24-19-25-32-43)46(54-35-42-29-22-18-23-30-42)45(58-49)39-53-34-41-27-20-17-21-28-41/h17-25,27-32,44-49H,4-16,26,33-39H2,1-3H3/t44-,45-,46-,47+,48+,49+/m1/s1. The molecule has 9 nitrogen and oxygen atoms in total. The molecule has 0 saturated carbocycles. The second-order valence-corrected chi connectivity index (χ2v) is 15.5. The quantitative estimate of drug-likeness (QED) is 0.0452. The lowest BCUT2D eigenvalue weighted by Crippen LogP contribution is -2.62. The van der Waals surface area contributed by atoms with E-state index >= 15 is 0 Å². The average molecular weight is 805 g/mol. The lowest BCUT2D eigenvalue weighted by Gasteiger charge is -2.45. The van der Waals surface area contributed by atoms with Crippen LogP contribution in [0.3, 0.4) is 0 Å². The third-order valence-corrected chi connectivity index (χ3v) is 10.6. The van der Waals surface area contributed by atoms with Gasteiger partial charge in [-0.25, -0.2) is 0 Å². The molecular formula is C49H72O9. The topological polar surface area (TPSA) is 90.9 Å². The Morgan fingerprint density at radius 1 is 0.569 bits per heavy atom. The molecule has 322 valence electrons. The number of rotatable bonds is 32. The number of hydrogen-bond acceptors (Lipinski definition) is 9. The fraction of sp³-hybridized carbons (Fsp3) is 0.612. The number of unbranched alkanes of at least 4 members (excludes halogenated alkanes) is 13. The first-order valence-electron chi connectivity index (χ1n) is 22.0. The SMILES string of the molecule is CCCCCCCCCCCCCCCCOC[C@H](CO[C@H]1O[C@H](COCc2ccccc2)[C@@H](OCc2ccccc2)[C@H](OCc2ccccc2)[C@@H]1OC(C)=O)OC. The molecule has 0 radical (unpaired) electrons. The molecule has 0 aromatic heterocycles. The van der Waals surface area contributed by atoms with Crippen LogP contribution in [0.1, 0.15) is 120 Å². The molecule has 3 aromatic carbocycles. The van der Waals surface area contributed by atoms with Gasteiger partial charge in [-0.2, -0.15) is 0 Å². The summed E-state index contributed by atoms with van der Waals surface area (Å²) in [7, 11) is 1.65. The Balaban J connectivity index is 1.31. The van der Waals surface area contributed by atoms with Crippen molar-refractivity contribution < 1.29 is 42.7 Å². The van der Waals surface area contributed by atoms with Crippen molar-refractivity contribution >= 4 is 5.97 Å². The molecule has 0 spiro atoms. The van der Waals surface area contributed by atoms with Crippen LogP contribution in [0.2, 0.25) is 0 Å². The van der Waals surface area contributed by atoms with Gasteiger partial charge < -0.3 is 37.9 Å². The molecule has 0 aliphatic carbocycles. The van der Waals surface area contributed by atoms with Crippen LogP contribution < -0.4 is 0 Å². The third-order valence-electron chi connectivity index (χ3n) is 10.6. The van der Waals surface area contributed by atoms with Crippen molar-refractivity contribution in [2.45, 2.75) is 160 Å². The van der Waals surface area contributed by atoms with Crippen molar-refractivity contribution in [1.82, 2.24) is 0 Å². The second kappa shape index (κ2) is 30.0. The molecule has 1 heterocycles. The molecule has 4 rings (SSSR count). The fourth-order valence-electron chi connectivity index (χ4n) is 7.26. The fourth-order valence-corrected chi connectivity index (χ4v) is 7.26. The number of ether oxygens (including phenoxy) is 8. The average Bonchev–Trinajstić information content (AvgIpc) is 3.25. The molecule has 0 amide bonds. The first kappa shape index (κ1) is 47.5. The maximum atomic E-state index is 12.6. The zero-order valence-corrected chi connectivity index (χ0v) is 35.6. The van der Waals surface area contributed by atoms with E-state index in [2.05, 4.69) is 6.92 Å². The first-order valence-corrected chi connectivity index (χ1v) is 22.0. The van der Waals surface area contributed by atoms with Crippen molar-refractivity contribution in [3.63, 3.8) is 0 Å². The zero-order chi connectivity index (χ0) is 40.9. The molecule has 0 N–H and O–H groups in total. The third kappa shape index (κ3) is 19.3. The van der Waals surface area contributed by atoms with E-state index in [1.165, 1.54) is 84.0 Å². The van der Waals surface area contributed by atoms with Crippen LogP contribution in [0.4, 0.5) is 0 Å². The predicted octanol–water partition coefficient (Wildman–Crippen LogP) is 10.6. The van der Waals surface area contributed by atoms with E-state index in [0.717, 1.165) is 29.5 Å². The van der Waals surface area contributed by atoms with Gasteiger partial charge >= 0.3 is 5.97 Å². The van der Waals surface area contributed by atoms with Gasteiger partial charge in [-0.3, -0.25) is 4.79 Å². The highest BCUT2D eigenvalue weighted by Crippen LogP contribution is 2.31. The number of esters is 1. The summed E-state index contributed by atoms with van der Waals surface area (Å²) in [4.78, 5) is 12.6. The Labute approximate surface area is 349 Å². The van der Waals surface area contributed by atoms with Gasteiger partial charge in [-0.1, -0.05) is 181 Å². The maximum absolute atomic E-state index is 12.6. The molecule has 0 unspecified atom stereocenters. The molecule has 1 saturated heterocycles. The normalized spacial score (nSPS) is 19.9. The lowest BCUT2D eigenvalue weighted by atomic mass is 9.97. The van der Waals surface area contributed by atoms with Gasteiger partial charge in [0.25, 0.3) is 0 Å². The van der Waals surface area contributed by atoms with Crippen LogP contribution in [0.15, 0.2) is 91.0 Å². The summed E-state index contributed by atoms with van der Waals surface area (Å²) < 4.78 is 50.3. The van der Waals surface area contributed by atoms with Gasteiger partial charge in [0.2, 0.25) is 0 Å².